The second-order valence-corrected chi connectivity index (χ2v) is 8.60. The van der Waals surface area contributed by atoms with Gasteiger partial charge in [0.25, 0.3) is 5.91 Å². The van der Waals surface area contributed by atoms with Gasteiger partial charge in [0.15, 0.2) is 0 Å². The van der Waals surface area contributed by atoms with Crippen LogP contribution in [0.2, 0.25) is 0 Å². The first-order valence-electron chi connectivity index (χ1n) is 11.4. The van der Waals surface area contributed by atoms with Gasteiger partial charge in [-0.25, -0.2) is 0 Å². The number of carbonyl (C=O) groups is 3. The lowest BCUT2D eigenvalue weighted by Crippen LogP contribution is -2.41. The Morgan fingerprint density at radius 2 is 1.71 bits per heavy atom. The molecule has 0 aliphatic carbocycles. The van der Waals surface area contributed by atoms with E-state index in [1.165, 1.54) is 7.11 Å². The van der Waals surface area contributed by atoms with E-state index in [4.69, 9.17) is 0 Å². The van der Waals surface area contributed by atoms with E-state index in [0.29, 0.717) is 5.56 Å². The molecule has 176 valence electrons. The van der Waals surface area contributed by atoms with Crippen LogP contribution in [0.25, 0.3) is 22.2 Å². The summed E-state index contributed by atoms with van der Waals surface area (Å²) < 4.78 is 4.61. The number of esters is 1. The third kappa shape index (κ3) is 4.05. The number of hydrogen-bond donors (Lipinski definition) is 2. The van der Waals surface area contributed by atoms with E-state index >= 15 is 0 Å². The Bertz CT molecular complexity index is 1440. The first-order valence-corrected chi connectivity index (χ1v) is 11.4. The molecule has 1 aliphatic heterocycles. The molecule has 4 aromatic rings. The minimum absolute atomic E-state index is 0.192. The normalized spacial score (nSPS) is 14.7. The molecule has 5 rings (SSSR count). The molecule has 1 unspecified atom stereocenters. The van der Waals surface area contributed by atoms with Crippen molar-refractivity contribution in [1.82, 2.24) is 15.2 Å². The standard InChI is InChI=1S/C28H25N3O4/c1-17-11-13-18(14-12-17)26-25(21-9-5-6-10-22(21)30-26)27-19-7-3-4-8-20(19)28(34)31(27)16-23(32)29-15-24(33)35-2/h3-14,27,30H,15-16H2,1-2H3,(H,29,32). The predicted octanol–water partition coefficient (Wildman–Crippen LogP) is 3.98. The maximum Gasteiger partial charge on any atom is 0.325 e. The van der Waals surface area contributed by atoms with Crippen LogP contribution in [0, 0.1) is 6.92 Å². The van der Waals surface area contributed by atoms with Crippen LogP contribution in [0.15, 0.2) is 72.8 Å². The van der Waals surface area contributed by atoms with Crippen molar-refractivity contribution >= 4 is 28.7 Å². The van der Waals surface area contributed by atoms with E-state index in [-0.39, 0.29) is 19.0 Å². The van der Waals surface area contributed by atoms with Gasteiger partial charge in [-0.3, -0.25) is 14.4 Å². The molecular formula is C28H25N3O4. The Labute approximate surface area is 202 Å². The monoisotopic (exact) mass is 467 g/mol. The maximum absolute atomic E-state index is 13.5. The fourth-order valence-corrected chi connectivity index (χ4v) is 4.69. The number of fused-ring (bicyclic) bond motifs is 2. The number of methoxy groups -OCH3 is 1. The molecule has 0 spiro atoms. The Hall–Kier alpha value is -4.39. The van der Waals surface area contributed by atoms with Gasteiger partial charge in [0, 0.05) is 22.0 Å². The van der Waals surface area contributed by atoms with Crippen LogP contribution in [0.4, 0.5) is 0 Å². The van der Waals surface area contributed by atoms with Gasteiger partial charge in [0.1, 0.15) is 13.1 Å². The number of rotatable bonds is 6. The minimum atomic E-state index is -0.552. The van der Waals surface area contributed by atoms with Gasteiger partial charge in [-0.1, -0.05) is 66.2 Å². The number of ether oxygens (including phenoxy) is 1. The van der Waals surface area contributed by atoms with E-state index in [1.807, 2.05) is 49.4 Å². The lowest BCUT2D eigenvalue weighted by atomic mass is 9.93. The summed E-state index contributed by atoms with van der Waals surface area (Å²) in [7, 11) is 1.26. The Kier molecular flexibility index (Phi) is 5.82. The number of aromatic amines is 1. The molecule has 2 N–H and O–H groups in total. The number of aromatic nitrogens is 1. The summed E-state index contributed by atoms with van der Waals surface area (Å²) in [5, 5.41) is 3.53. The van der Waals surface area contributed by atoms with Gasteiger partial charge in [-0.05, 0) is 30.2 Å². The number of para-hydroxylation sites is 1. The molecule has 7 heteroatoms. The first kappa shape index (κ1) is 22.4. The fraction of sp³-hybridized carbons (Fsp3) is 0.179. The quantitative estimate of drug-likeness (QED) is 0.420. The predicted molar refractivity (Wildman–Crippen MR) is 133 cm³/mol. The molecule has 0 fully saturated rings. The number of amides is 2. The number of nitrogens with zero attached hydrogens (tertiary/aromatic N) is 1. The number of H-pyrrole nitrogens is 1. The Balaban J connectivity index is 1.64. The Morgan fingerprint density at radius 1 is 1.00 bits per heavy atom. The largest absolute Gasteiger partial charge is 0.468 e. The highest BCUT2D eigenvalue weighted by atomic mass is 16.5. The van der Waals surface area contributed by atoms with Crippen LogP contribution >= 0.6 is 0 Å². The van der Waals surface area contributed by atoms with Crippen molar-refractivity contribution in [2.75, 3.05) is 20.2 Å². The van der Waals surface area contributed by atoms with Crippen molar-refractivity contribution < 1.29 is 19.1 Å². The zero-order chi connectivity index (χ0) is 24.5. The molecule has 7 nitrogen and oxygen atoms in total. The molecule has 0 radical (unpaired) electrons. The molecule has 0 bridgehead atoms. The van der Waals surface area contributed by atoms with Crippen LogP contribution in [0.5, 0.6) is 0 Å². The molecular weight excluding hydrogens is 442 g/mol. The third-order valence-electron chi connectivity index (χ3n) is 6.39. The number of carbonyl (C=O) groups excluding carboxylic acids is 3. The molecule has 3 aromatic carbocycles. The molecule has 0 saturated carbocycles. The fourth-order valence-electron chi connectivity index (χ4n) is 4.69. The number of aryl methyl sites for hydroxylation is 1. The highest BCUT2D eigenvalue weighted by Gasteiger charge is 2.41. The first-order chi connectivity index (χ1) is 17.0. The van der Waals surface area contributed by atoms with Crippen molar-refractivity contribution in [3.05, 3.63) is 95.1 Å². The summed E-state index contributed by atoms with van der Waals surface area (Å²) >= 11 is 0. The van der Waals surface area contributed by atoms with Crippen molar-refractivity contribution in [3.63, 3.8) is 0 Å². The average molecular weight is 468 g/mol. The van der Waals surface area contributed by atoms with Crippen LogP contribution in [-0.4, -0.2) is 47.9 Å². The molecule has 1 aromatic heterocycles. The van der Waals surface area contributed by atoms with Crippen LogP contribution in [-0.2, 0) is 14.3 Å². The molecule has 1 atom stereocenters. The van der Waals surface area contributed by atoms with Gasteiger partial charge in [-0.2, -0.15) is 0 Å². The Morgan fingerprint density at radius 3 is 2.49 bits per heavy atom. The van der Waals surface area contributed by atoms with E-state index in [9.17, 15) is 14.4 Å². The summed E-state index contributed by atoms with van der Waals surface area (Å²) in [6.45, 7) is 1.59. The molecule has 1 aliphatic rings. The third-order valence-corrected chi connectivity index (χ3v) is 6.39. The average Bonchev–Trinajstić information content (AvgIpc) is 3.38. The van der Waals surface area contributed by atoms with E-state index < -0.39 is 17.9 Å². The number of nitrogens with one attached hydrogen (secondary N) is 2. The van der Waals surface area contributed by atoms with E-state index in [0.717, 1.165) is 38.9 Å². The van der Waals surface area contributed by atoms with Gasteiger partial charge in [0.2, 0.25) is 5.91 Å². The summed E-state index contributed by atoms with van der Waals surface area (Å²) in [4.78, 5) is 42.9. The highest BCUT2D eigenvalue weighted by molar-refractivity contribution is 6.03. The van der Waals surface area contributed by atoms with Crippen molar-refractivity contribution in [2.24, 2.45) is 0 Å². The molecule has 35 heavy (non-hydrogen) atoms. The van der Waals surface area contributed by atoms with Crippen LogP contribution in [0.1, 0.15) is 33.1 Å². The summed E-state index contributed by atoms with van der Waals surface area (Å²) in [6, 6.07) is 23.2. The number of hydrogen-bond acceptors (Lipinski definition) is 4. The zero-order valence-corrected chi connectivity index (χ0v) is 19.5. The van der Waals surface area contributed by atoms with Crippen LogP contribution < -0.4 is 5.32 Å². The SMILES string of the molecule is COC(=O)CNC(=O)CN1C(=O)c2ccccc2C1c1c(-c2ccc(C)cc2)[nH]c2ccccc12. The smallest absolute Gasteiger partial charge is 0.325 e. The van der Waals surface area contributed by atoms with Crippen molar-refractivity contribution in [1.29, 1.82) is 0 Å². The summed E-state index contributed by atoms with van der Waals surface area (Å²) in [5.74, 6) is -1.21. The number of benzene rings is 3. The van der Waals surface area contributed by atoms with Crippen molar-refractivity contribution in [3.8, 4) is 11.3 Å². The lowest BCUT2D eigenvalue weighted by Gasteiger charge is -2.26. The topological polar surface area (TPSA) is 91.5 Å². The van der Waals surface area contributed by atoms with Gasteiger partial charge in [-0.15, -0.1) is 0 Å². The molecule has 2 heterocycles. The van der Waals surface area contributed by atoms with Crippen LogP contribution in [0.3, 0.4) is 0 Å². The molecule has 2 amide bonds. The van der Waals surface area contributed by atoms with Gasteiger partial charge >= 0.3 is 5.97 Å². The van der Waals surface area contributed by atoms with E-state index in [1.54, 1.807) is 11.0 Å². The second kappa shape index (κ2) is 9.10. The zero-order valence-electron chi connectivity index (χ0n) is 19.5. The summed E-state index contributed by atoms with van der Waals surface area (Å²) in [5.41, 5.74) is 6.34. The minimum Gasteiger partial charge on any atom is -0.468 e. The van der Waals surface area contributed by atoms with Gasteiger partial charge < -0.3 is 19.9 Å². The van der Waals surface area contributed by atoms with Crippen molar-refractivity contribution in [2.45, 2.75) is 13.0 Å². The van der Waals surface area contributed by atoms with E-state index in [2.05, 4.69) is 39.3 Å². The lowest BCUT2D eigenvalue weighted by molar-refractivity contribution is -0.141. The molecule has 0 saturated heterocycles. The second-order valence-electron chi connectivity index (χ2n) is 8.60. The highest BCUT2D eigenvalue weighted by Crippen LogP contribution is 2.45. The maximum atomic E-state index is 13.5. The summed E-state index contributed by atoms with van der Waals surface area (Å²) in [6.07, 6.45) is 0. The van der Waals surface area contributed by atoms with Gasteiger partial charge in [0.05, 0.1) is 18.8 Å².